The van der Waals surface area contributed by atoms with Crippen LogP contribution in [0.5, 0.6) is 0 Å². The maximum Gasteiger partial charge on any atom is 0.242 e. The number of carbonyl (C=O) groups is 1. The third-order valence-corrected chi connectivity index (χ3v) is 7.52. The number of aliphatic imine (C=N–C) groups is 1. The molecule has 0 aliphatic carbocycles. The molecule has 0 radical (unpaired) electrons. The van der Waals surface area contributed by atoms with Gasteiger partial charge >= 0.3 is 0 Å². The average Bonchev–Trinajstić information content (AvgIpc) is 3.30. The number of nitrogens with zero attached hydrogens (tertiary/aromatic N) is 3. The van der Waals surface area contributed by atoms with Crippen molar-refractivity contribution in [2.24, 2.45) is 4.99 Å². The Morgan fingerprint density at radius 3 is 2.31 bits per heavy atom. The van der Waals surface area contributed by atoms with E-state index in [1.54, 1.807) is 11.9 Å². The van der Waals surface area contributed by atoms with Gasteiger partial charge in [-0.2, -0.15) is 0 Å². The summed E-state index contributed by atoms with van der Waals surface area (Å²) < 4.78 is 26.6. The van der Waals surface area contributed by atoms with Crippen LogP contribution in [0, 0.1) is 0 Å². The molecule has 0 saturated heterocycles. The lowest BCUT2D eigenvalue weighted by Crippen LogP contribution is -2.34. The molecule has 2 aromatic carbocycles. The summed E-state index contributed by atoms with van der Waals surface area (Å²) in [5.74, 6) is 0.792. The van der Waals surface area contributed by atoms with E-state index in [9.17, 15) is 13.2 Å². The van der Waals surface area contributed by atoms with Gasteiger partial charge in [0.25, 0.3) is 0 Å². The largest absolute Gasteiger partial charge is 0.368 e. The van der Waals surface area contributed by atoms with Gasteiger partial charge in [-0.05, 0) is 30.2 Å². The number of carbonyl (C=O) groups excluding carboxylic acids is 1. The summed E-state index contributed by atoms with van der Waals surface area (Å²) in [6.07, 6.45) is 0.780. The van der Waals surface area contributed by atoms with Gasteiger partial charge in [0.15, 0.2) is 0 Å². The number of benzene rings is 2. The lowest BCUT2D eigenvalue weighted by molar-refractivity contribution is -0.129. The normalized spacial score (nSPS) is 13.7. The second kappa shape index (κ2) is 10.7. The van der Waals surface area contributed by atoms with E-state index in [1.165, 1.54) is 25.2 Å². The van der Waals surface area contributed by atoms with Gasteiger partial charge in [-0.15, -0.1) is 0 Å². The van der Waals surface area contributed by atoms with Crippen molar-refractivity contribution in [3.8, 4) is 0 Å². The highest BCUT2D eigenvalue weighted by Crippen LogP contribution is 2.24. The Bertz CT molecular complexity index is 1080. The fourth-order valence-corrected chi connectivity index (χ4v) is 5.16. The fourth-order valence-electron chi connectivity index (χ4n) is 3.26. The van der Waals surface area contributed by atoms with Crippen molar-refractivity contribution in [2.75, 3.05) is 40.3 Å². The van der Waals surface area contributed by atoms with Crippen molar-refractivity contribution in [2.45, 2.75) is 17.7 Å². The minimum Gasteiger partial charge on any atom is -0.368 e. The summed E-state index contributed by atoms with van der Waals surface area (Å²) in [5.41, 5.74) is 2.17. The first kappa shape index (κ1) is 24.5. The average molecular weight is 497 g/mol. The van der Waals surface area contributed by atoms with Crippen LogP contribution < -0.4 is 5.32 Å². The van der Waals surface area contributed by atoms with Crippen LogP contribution in [-0.2, 0) is 21.2 Å². The minimum atomic E-state index is -3.79. The number of amides is 1. The third-order valence-electron chi connectivity index (χ3n) is 5.25. The van der Waals surface area contributed by atoms with Gasteiger partial charge in [0.1, 0.15) is 5.84 Å². The molecular formula is C22H26Cl2N4O3S. The van der Waals surface area contributed by atoms with Gasteiger partial charge in [0.05, 0.1) is 11.4 Å². The highest BCUT2D eigenvalue weighted by Gasteiger charge is 2.23. The molecule has 10 heteroatoms. The van der Waals surface area contributed by atoms with Gasteiger partial charge in [0, 0.05) is 55.8 Å². The molecule has 1 N–H and O–H groups in total. The summed E-state index contributed by atoms with van der Waals surface area (Å²) in [6, 6.07) is 12.3. The lowest BCUT2D eigenvalue weighted by Gasteiger charge is -2.21. The van der Waals surface area contributed by atoms with Crippen LogP contribution in [0.3, 0.4) is 0 Å². The van der Waals surface area contributed by atoms with E-state index in [1.807, 2.05) is 24.3 Å². The zero-order valence-electron chi connectivity index (χ0n) is 18.0. The predicted octanol–water partition coefficient (Wildman–Crippen LogP) is 3.05. The molecule has 7 nitrogen and oxygen atoms in total. The standard InChI is InChI=1S/C22H26Cl2N4O3S/c1-27(11-7-16-3-5-17(6-4-16)22-25-9-10-26-22)21(29)8-12-28(2)32(30,31)20-14-18(23)13-19(24)15-20/h3-6,13-15H,7-12H2,1-2H3,(H,25,26). The van der Waals surface area contributed by atoms with Gasteiger partial charge in [0.2, 0.25) is 15.9 Å². The molecule has 0 bridgehead atoms. The van der Waals surface area contributed by atoms with Crippen molar-refractivity contribution in [1.82, 2.24) is 14.5 Å². The number of rotatable bonds is 9. The molecule has 0 aromatic heterocycles. The SMILES string of the molecule is CN(CCc1ccc(C2=NCCN2)cc1)C(=O)CCN(C)S(=O)(=O)c1cc(Cl)cc(Cl)c1. The first-order valence-corrected chi connectivity index (χ1v) is 12.4. The summed E-state index contributed by atoms with van der Waals surface area (Å²) in [5, 5.41) is 3.72. The predicted molar refractivity (Wildman–Crippen MR) is 128 cm³/mol. The molecule has 0 fully saturated rings. The van der Waals surface area contributed by atoms with Crippen LogP contribution >= 0.6 is 23.2 Å². The molecular weight excluding hydrogens is 471 g/mol. The molecule has 3 rings (SSSR count). The molecule has 1 heterocycles. The molecule has 1 aliphatic rings. The molecule has 0 atom stereocenters. The topological polar surface area (TPSA) is 82.1 Å². The summed E-state index contributed by atoms with van der Waals surface area (Å²) in [7, 11) is -0.639. The van der Waals surface area contributed by atoms with E-state index in [4.69, 9.17) is 23.2 Å². The molecule has 172 valence electrons. The Labute approximate surface area is 199 Å². The summed E-state index contributed by atoms with van der Waals surface area (Å²) in [6.45, 7) is 2.26. The lowest BCUT2D eigenvalue weighted by atomic mass is 10.1. The van der Waals surface area contributed by atoms with Crippen LogP contribution in [0.15, 0.2) is 52.4 Å². The maximum atomic E-state index is 12.7. The van der Waals surface area contributed by atoms with Crippen LogP contribution in [0.4, 0.5) is 0 Å². The van der Waals surface area contributed by atoms with E-state index < -0.39 is 10.0 Å². The molecule has 2 aromatic rings. The Morgan fingerprint density at radius 2 is 1.72 bits per heavy atom. The summed E-state index contributed by atoms with van der Waals surface area (Å²) >= 11 is 11.8. The smallest absolute Gasteiger partial charge is 0.242 e. The third kappa shape index (κ3) is 6.22. The minimum absolute atomic E-state index is 0.000479. The molecule has 0 saturated carbocycles. The molecule has 0 unspecified atom stereocenters. The number of amidine groups is 1. The fraction of sp³-hybridized carbons (Fsp3) is 0.364. The van der Waals surface area contributed by atoms with Crippen molar-refractivity contribution >= 4 is 45.0 Å². The Balaban J connectivity index is 1.49. The van der Waals surface area contributed by atoms with E-state index in [0.29, 0.717) is 13.0 Å². The van der Waals surface area contributed by atoms with Gasteiger partial charge in [-0.25, -0.2) is 12.7 Å². The highest BCUT2D eigenvalue weighted by molar-refractivity contribution is 7.89. The number of hydrogen-bond donors (Lipinski definition) is 1. The van der Waals surface area contributed by atoms with Crippen molar-refractivity contribution in [1.29, 1.82) is 0 Å². The monoisotopic (exact) mass is 496 g/mol. The first-order valence-electron chi connectivity index (χ1n) is 10.2. The number of hydrogen-bond acceptors (Lipinski definition) is 5. The molecule has 1 aliphatic heterocycles. The number of likely N-dealkylation sites (N-methyl/N-ethyl adjacent to an activating group) is 1. The van der Waals surface area contributed by atoms with E-state index in [0.717, 1.165) is 34.4 Å². The highest BCUT2D eigenvalue weighted by atomic mass is 35.5. The van der Waals surface area contributed by atoms with Crippen molar-refractivity contribution < 1.29 is 13.2 Å². The second-order valence-electron chi connectivity index (χ2n) is 7.60. The van der Waals surface area contributed by atoms with Crippen LogP contribution in [0.2, 0.25) is 10.0 Å². The molecule has 32 heavy (non-hydrogen) atoms. The van der Waals surface area contributed by atoms with Gasteiger partial charge < -0.3 is 10.2 Å². The van der Waals surface area contributed by atoms with Crippen molar-refractivity contribution in [3.63, 3.8) is 0 Å². The summed E-state index contributed by atoms with van der Waals surface area (Å²) in [4.78, 5) is 18.5. The second-order valence-corrected chi connectivity index (χ2v) is 10.5. The van der Waals surface area contributed by atoms with E-state index in [-0.39, 0.29) is 33.8 Å². The quantitative estimate of drug-likeness (QED) is 0.578. The van der Waals surface area contributed by atoms with Gasteiger partial charge in [-0.3, -0.25) is 9.79 Å². The van der Waals surface area contributed by atoms with E-state index in [2.05, 4.69) is 10.3 Å². The van der Waals surface area contributed by atoms with E-state index >= 15 is 0 Å². The number of halogens is 2. The zero-order chi connectivity index (χ0) is 23.3. The van der Waals surface area contributed by atoms with Crippen LogP contribution in [0.25, 0.3) is 0 Å². The number of sulfonamides is 1. The Kier molecular flexibility index (Phi) is 8.16. The van der Waals surface area contributed by atoms with Crippen LogP contribution in [-0.4, -0.2) is 69.6 Å². The Morgan fingerprint density at radius 1 is 1.06 bits per heavy atom. The van der Waals surface area contributed by atoms with Gasteiger partial charge in [-0.1, -0.05) is 47.5 Å². The Hall–Kier alpha value is -2.13. The molecule has 0 spiro atoms. The van der Waals surface area contributed by atoms with Crippen molar-refractivity contribution in [3.05, 3.63) is 63.6 Å². The molecule has 1 amide bonds. The number of nitrogens with one attached hydrogen (secondary N) is 1. The first-order chi connectivity index (χ1) is 15.2. The van der Waals surface area contributed by atoms with Crippen LogP contribution in [0.1, 0.15) is 17.5 Å². The zero-order valence-corrected chi connectivity index (χ0v) is 20.3. The maximum absolute atomic E-state index is 12.7.